The van der Waals surface area contributed by atoms with Crippen LogP contribution in [-0.2, 0) is 6.42 Å². The van der Waals surface area contributed by atoms with Crippen LogP contribution in [0, 0.1) is 0 Å². The van der Waals surface area contributed by atoms with E-state index in [1.54, 1.807) is 7.11 Å². The Morgan fingerprint density at radius 3 is 2.82 bits per heavy atom. The minimum atomic E-state index is 0.691. The van der Waals surface area contributed by atoms with Crippen LogP contribution in [0.1, 0.15) is 12.0 Å². The highest BCUT2D eigenvalue weighted by molar-refractivity contribution is 5.17. The van der Waals surface area contributed by atoms with Crippen molar-refractivity contribution >= 4 is 0 Å². The summed E-state index contributed by atoms with van der Waals surface area (Å²) in [6, 6.07) is 4.03. The molecule has 0 aliphatic carbocycles. The van der Waals surface area contributed by atoms with Crippen LogP contribution in [0.4, 0.5) is 0 Å². The molecule has 1 aromatic heterocycles. The maximum Gasteiger partial charge on any atom is 0.212 e. The third-order valence-corrected chi connectivity index (χ3v) is 3.16. The van der Waals surface area contributed by atoms with Crippen molar-refractivity contribution in [2.45, 2.75) is 12.8 Å². The minimum Gasteiger partial charge on any atom is -0.481 e. The zero-order valence-electron chi connectivity index (χ0n) is 10.5. The number of nitrogens with one attached hydrogen (secondary N) is 1. The first-order chi connectivity index (χ1) is 8.38. The van der Waals surface area contributed by atoms with E-state index in [1.807, 2.05) is 12.3 Å². The fourth-order valence-electron chi connectivity index (χ4n) is 2.12. The van der Waals surface area contributed by atoms with Crippen LogP contribution in [0.15, 0.2) is 18.3 Å². The van der Waals surface area contributed by atoms with E-state index in [1.165, 1.54) is 31.6 Å². The van der Waals surface area contributed by atoms with Crippen LogP contribution in [-0.4, -0.2) is 49.7 Å². The summed E-state index contributed by atoms with van der Waals surface area (Å²) in [7, 11) is 1.65. The fraction of sp³-hybridized carbons (Fsp3) is 0.615. The molecule has 1 aromatic rings. The molecule has 0 aromatic carbocycles. The molecule has 2 heterocycles. The van der Waals surface area contributed by atoms with Crippen molar-refractivity contribution in [2.75, 3.05) is 39.8 Å². The molecule has 1 aliphatic rings. The lowest BCUT2D eigenvalue weighted by Crippen LogP contribution is -2.43. The molecule has 1 fully saturated rings. The van der Waals surface area contributed by atoms with Gasteiger partial charge in [-0.3, -0.25) is 0 Å². The Morgan fingerprint density at radius 1 is 1.35 bits per heavy atom. The minimum absolute atomic E-state index is 0.691. The third kappa shape index (κ3) is 3.98. The van der Waals surface area contributed by atoms with Crippen LogP contribution < -0.4 is 10.1 Å². The maximum atomic E-state index is 5.04. The molecule has 0 unspecified atom stereocenters. The van der Waals surface area contributed by atoms with Gasteiger partial charge in [0.2, 0.25) is 5.88 Å². The van der Waals surface area contributed by atoms with Gasteiger partial charge in [-0.05, 0) is 24.9 Å². The third-order valence-electron chi connectivity index (χ3n) is 3.16. The smallest absolute Gasteiger partial charge is 0.212 e. The van der Waals surface area contributed by atoms with E-state index in [2.05, 4.69) is 21.3 Å². The Hall–Kier alpha value is -1.13. The Bertz CT molecular complexity index is 320. The van der Waals surface area contributed by atoms with E-state index in [4.69, 9.17) is 4.74 Å². The van der Waals surface area contributed by atoms with Gasteiger partial charge in [0, 0.05) is 38.4 Å². The predicted molar refractivity (Wildman–Crippen MR) is 68.4 cm³/mol. The van der Waals surface area contributed by atoms with Crippen molar-refractivity contribution in [3.8, 4) is 5.88 Å². The molecule has 0 spiro atoms. The monoisotopic (exact) mass is 235 g/mol. The number of aromatic nitrogens is 1. The largest absolute Gasteiger partial charge is 0.481 e. The van der Waals surface area contributed by atoms with Crippen LogP contribution in [0.2, 0.25) is 0 Å². The highest BCUT2D eigenvalue weighted by atomic mass is 16.5. The van der Waals surface area contributed by atoms with Gasteiger partial charge in [0.1, 0.15) is 0 Å². The van der Waals surface area contributed by atoms with Gasteiger partial charge in [-0.1, -0.05) is 6.07 Å². The van der Waals surface area contributed by atoms with Crippen molar-refractivity contribution in [1.82, 2.24) is 15.2 Å². The standard InChI is InChI=1S/C13H21N3O/c1-17-13-5-4-12(11-15-13)3-2-8-16-9-6-14-7-10-16/h4-5,11,14H,2-3,6-10H2,1H3. The average molecular weight is 235 g/mol. The van der Waals surface area contributed by atoms with E-state index in [0.29, 0.717) is 5.88 Å². The zero-order valence-corrected chi connectivity index (χ0v) is 10.5. The first kappa shape index (κ1) is 12.3. The predicted octanol–water partition coefficient (Wildman–Crippen LogP) is 0.928. The highest BCUT2D eigenvalue weighted by Gasteiger charge is 2.08. The Morgan fingerprint density at radius 2 is 2.18 bits per heavy atom. The van der Waals surface area contributed by atoms with Crippen molar-refractivity contribution < 1.29 is 4.74 Å². The van der Waals surface area contributed by atoms with Gasteiger partial charge in [-0.2, -0.15) is 0 Å². The summed E-state index contributed by atoms with van der Waals surface area (Å²) in [6.45, 7) is 5.81. The fourth-order valence-corrected chi connectivity index (χ4v) is 2.12. The molecule has 0 radical (unpaired) electrons. The lowest BCUT2D eigenvalue weighted by atomic mass is 10.1. The number of rotatable bonds is 5. The average Bonchev–Trinajstić information content (AvgIpc) is 2.41. The lowest BCUT2D eigenvalue weighted by molar-refractivity contribution is 0.238. The molecule has 4 heteroatoms. The first-order valence-corrected chi connectivity index (χ1v) is 6.30. The summed E-state index contributed by atoms with van der Waals surface area (Å²) in [5, 5.41) is 3.37. The summed E-state index contributed by atoms with van der Waals surface area (Å²) in [5.74, 6) is 0.691. The molecular weight excluding hydrogens is 214 g/mol. The summed E-state index contributed by atoms with van der Waals surface area (Å²) < 4.78 is 5.04. The second kappa shape index (κ2) is 6.57. The van der Waals surface area contributed by atoms with Crippen LogP contribution in [0.3, 0.4) is 0 Å². The topological polar surface area (TPSA) is 37.4 Å². The van der Waals surface area contributed by atoms with Crippen molar-refractivity contribution in [2.24, 2.45) is 0 Å². The molecule has 1 N–H and O–H groups in total. The molecule has 0 amide bonds. The number of hydrogen-bond acceptors (Lipinski definition) is 4. The number of methoxy groups -OCH3 is 1. The molecule has 1 aliphatic heterocycles. The van der Waals surface area contributed by atoms with E-state index in [9.17, 15) is 0 Å². The summed E-state index contributed by atoms with van der Waals surface area (Å²) in [4.78, 5) is 6.74. The number of ether oxygens (including phenoxy) is 1. The van der Waals surface area contributed by atoms with E-state index >= 15 is 0 Å². The normalized spacial score (nSPS) is 17.0. The molecular formula is C13H21N3O. The first-order valence-electron chi connectivity index (χ1n) is 6.30. The van der Waals surface area contributed by atoms with Crippen molar-refractivity contribution in [1.29, 1.82) is 0 Å². The van der Waals surface area contributed by atoms with Gasteiger partial charge < -0.3 is 15.0 Å². The van der Waals surface area contributed by atoms with Crippen LogP contribution in [0.5, 0.6) is 5.88 Å². The second-order valence-electron chi connectivity index (χ2n) is 4.40. The van der Waals surface area contributed by atoms with Crippen LogP contribution in [0.25, 0.3) is 0 Å². The molecule has 94 valence electrons. The number of piperazine rings is 1. The molecule has 1 saturated heterocycles. The highest BCUT2D eigenvalue weighted by Crippen LogP contribution is 2.08. The summed E-state index contributed by atoms with van der Waals surface area (Å²) in [5.41, 5.74) is 1.29. The van der Waals surface area contributed by atoms with E-state index < -0.39 is 0 Å². The number of aryl methyl sites for hydroxylation is 1. The Labute approximate surface area is 103 Å². The zero-order chi connectivity index (χ0) is 11.9. The number of pyridine rings is 1. The van der Waals surface area contributed by atoms with E-state index in [0.717, 1.165) is 19.5 Å². The summed E-state index contributed by atoms with van der Waals surface area (Å²) in [6.07, 6.45) is 4.21. The maximum absolute atomic E-state index is 5.04. The Balaban J connectivity index is 1.69. The molecule has 2 rings (SSSR count). The quantitative estimate of drug-likeness (QED) is 0.824. The molecule has 0 saturated carbocycles. The van der Waals surface area contributed by atoms with Crippen molar-refractivity contribution in [3.63, 3.8) is 0 Å². The van der Waals surface area contributed by atoms with Gasteiger partial charge >= 0.3 is 0 Å². The molecule has 4 nitrogen and oxygen atoms in total. The number of nitrogens with zero attached hydrogens (tertiary/aromatic N) is 2. The van der Waals surface area contributed by atoms with Gasteiger partial charge in [0.05, 0.1) is 7.11 Å². The van der Waals surface area contributed by atoms with Gasteiger partial charge in [0.25, 0.3) is 0 Å². The molecule has 17 heavy (non-hydrogen) atoms. The SMILES string of the molecule is COc1ccc(CCCN2CCNCC2)cn1. The van der Waals surface area contributed by atoms with E-state index in [-0.39, 0.29) is 0 Å². The second-order valence-corrected chi connectivity index (χ2v) is 4.40. The molecule has 0 bridgehead atoms. The Kier molecular flexibility index (Phi) is 4.76. The number of hydrogen-bond donors (Lipinski definition) is 1. The molecule has 0 atom stereocenters. The van der Waals surface area contributed by atoms with Crippen LogP contribution >= 0.6 is 0 Å². The van der Waals surface area contributed by atoms with Gasteiger partial charge in [-0.15, -0.1) is 0 Å². The van der Waals surface area contributed by atoms with Gasteiger partial charge in [0.15, 0.2) is 0 Å². The van der Waals surface area contributed by atoms with Crippen molar-refractivity contribution in [3.05, 3.63) is 23.9 Å². The van der Waals surface area contributed by atoms with Gasteiger partial charge in [-0.25, -0.2) is 4.98 Å². The lowest BCUT2D eigenvalue weighted by Gasteiger charge is -2.27. The summed E-state index contributed by atoms with van der Waals surface area (Å²) >= 11 is 0.